The van der Waals surface area contributed by atoms with E-state index >= 15 is 0 Å². The normalized spacial score (nSPS) is 14.7. The van der Waals surface area contributed by atoms with E-state index in [1.807, 2.05) is 0 Å². The Hall–Kier alpha value is -2.94. The lowest BCUT2D eigenvalue weighted by Gasteiger charge is -2.11. The van der Waals surface area contributed by atoms with Crippen molar-refractivity contribution in [2.45, 2.75) is 37.5 Å². The third-order valence-corrected chi connectivity index (χ3v) is 5.74. The Morgan fingerprint density at radius 2 is 1.96 bits per heavy atom. The summed E-state index contributed by atoms with van der Waals surface area (Å²) in [7, 11) is -3.79. The Balaban J connectivity index is 1.74. The summed E-state index contributed by atoms with van der Waals surface area (Å²) in [6.45, 7) is 2.02. The number of hydrogen-bond donors (Lipinski definition) is 3. The van der Waals surface area contributed by atoms with Crippen LogP contribution >= 0.6 is 0 Å². The number of rotatable bonds is 5. The molecular formula is C19H22N4O4S. The first-order valence-electron chi connectivity index (χ1n) is 9.02. The fourth-order valence-electron chi connectivity index (χ4n) is 2.84. The van der Waals surface area contributed by atoms with Gasteiger partial charge in [-0.3, -0.25) is 19.3 Å². The number of amides is 1. The number of nitrogens with zero attached hydrogens (tertiary/aromatic N) is 1. The van der Waals surface area contributed by atoms with Gasteiger partial charge in [-0.05, 0) is 44.0 Å². The van der Waals surface area contributed by atoms with Gasteiger partial charge in [-0.1, -0.05) is 12.5 Å². The number of aromatic nitrogens is 1. The molecule has 0 atom stereocenters. The summed E-state index contributed by atoms with van der Waals surface area (Å²) >= 11 is 0. The van der Waals surface area contributed by atoms with Gasteiger partial charge >= 0.3 is 0 Å². The number of aliphatic imine (C=N–C) groups is 1. The molecule has 1 aromatic heterocycles. The lowest BCUT2D eigenvalue weighted by atomic mass is 10.2. The first-order valence-corrected chi connectivity index (χ1v) is 10.5. The molecule has 0 saturated heterocycles. The van der Waals surface area contributed by atoms with Gasteiger partial charge in [-0.15, -0.1) is 0 Å². The van der Waals surface area contributed by atoms with Crippen LogP contribution in [0.1, 0.15) is 53.5 Å². The SMILES string of the molecule is CC(=O)c1c[nH]c(C(=O)Nc2cccc(S(=O)(=O)NC3=NCCCCC3)c2)c1. The van der Waals surface area contributed by atoms with E-state index in [1.54, 1.807) is 12.1 Å². The van der Waals surface area contributed by atoms with Gasteiger partial charge in [-0.25, -0.2) is 8.42 Å². The van der Waals surface area contributed by atoms with E-state index in [9.17, 15) is 18.0 Å². The summed E-state index contributed by atoms with van der Waals surface area (Å²) in [5.41, 5.74) is 0.939. The van der Waals surface area contributed by atoms with Crippen molar-refractivity contribution in [2.75, 3.05) is 11.9 Å². The smallest absolute Gasteiger partial charge is 0.272 e. The minimum Gasteiger partial charge on any atom is -0.356 e. The van der Waals surface area contributed by atoms with Crippen molar-refractivity contribution in [2.24, 2.45) is 4.99 Å². The monoisotopic (exact) mass is 402 g/mol. The lowest BCUT2D eigenvalue weighted by molar-refractivity contribution is 0.101. The number of benzene rings is 1. The Kier molecular flexibility index (Phi) is 5.93. The van der Waals surface area contributed by atoms with Crippen LogP contribution in [-0.4, -0.2) is 37.5 Å². The Bertz CT molecular complexity index is 1020. The van der Waals surface area contributed by atoms with Gasteiger partial charge in [-0.2, -0.15) is 0 Å². The van der Waals surface area contributed by atoms with E-state index < -0.39 is 15.9 Å². The van der Waals surface area contributed by atoms with Crippen LogP contribution in [0.15, 0.2) is 46.4 Å². The maximum Gasteiger partial charge on any atom is 0.272 e. The summed E-state index contributed by atoms with van der Waals surface area (Å²) in [6.07, 6.45) is 4.93. The molecule has 0 saturated carbocycles. The average molecular weight is 402 g/mol. The molecule has 0 radical (unpaired) electrons. The molecule has 0 unspecified atom stereocenters. The highest BCUT2D eigenvalue weighted by molar-refractivity contribution is 7.90. The number of amidine groups is 1. The molecule has 1 aliphatic rings. The quantitative estimate of drug-likeness (QED) is 0.666. The number of ketones is 1. The predicted molar refractivity (Wildman–Crippen MR) is 106 cm³/mol. The standard InChI is InChI=1S/C19H22N4O4S/c1-13(24)14-10-17(21-12-14)19(25)22-15-6-5-7-16(11-15)28(26,27)23-18-8-3-2-4-9-20-18/h5-7,10-12,21H,2-4,8-9H2,1H3,(H,20,23)(H,22,25). The zero-order chi connectivity index (χ0) is 20.1. The maximum absolute atomic E-state index is 12.7. The molecule has 3 N–H and O–H groups in total. The molecule has 9 heteroatoms. The van der Waals surface area contributed by atoms with Crippen LogP contribution in [0.4, 0.5) is 5.69 Å². The molecule has 1 amide bonds. The van der Waals surface area contributed by atoms with Gasteiger partial charge in [0, 0.05) is 30.4 Å². The van der Waals surface area contributed by atoms with Gasteiger partial charge < -0.3 is 10.3 Å². The second-order valence-corrected chi connectivity index (χ2v) is 8.27. The Morgan fingerprint density at radius 1 is 1.14 bits per heavy atom. The van der Waals surface area contributed by atoms with E-state index in [4.69, 9.17) is 0 Å². The number of anilines is 1. The minimum absolute atomic E-state index is 0.0353. The van der Waals surface area contributed by atoms with E-state index in [0.29, 0.717) is 30.1 Å². The van der Waals surface area contributed by atoms with E-state index in [1.165, 1.54) is 31.3 Å². The van der Waals surface area contributed by atoms with Crippen molar-refractivity contribution < 1.29 is 18.0 Å². The Morgan fingerprint density at radius 3 is 2.71 bits per heavy atom. The summed E-state index contributed by atoms with van der Waals surface area (Å²) < 4.78 is 27.8. The van der Waals surface area contributed by atoms with Crippen LogP contribution < -0.4 is 10.0 Å². The second-order valence-electron chi connectivity index (χ2n) is 6.58. The summed E-state index contributed by atoms with van der Waals surface area (Å²) in [4.78, 5) is 30.7. The fourth-order valence-corrected chi connectivity index (χ4v) is 3.97. The number of carbonyl (C=O) groups excluding carboxylic acids is 2. The number of H-pyrrole nitrogens is 1. The summed E-state index contributed by atoms with van der Waals surface area (Å²) in [6, 6.07) is 7.43. The van der Waals surface area contributed by atoms with Crippen molar-refractivity contribution >= 4 is 33.2 Å². The summed E-state index contributed by atoms with van der Waals surface area (Å²) in [5, 5.41) is 2.63. The molecule has 0 fully saturated rings. The van der Waals surface area contributed by atoms with E-state index in [-0.39, 0.29) is 16.4 Å². The highest BCUT2D eigenvalue weighted by Gasteiger charge is 2.18. The largest absolute Gasteiger partial charge is 0.356 e. The van der Waals surface area contributed by atoms with Gasteiger partial charge in [0.15, 0.2) is 5.78 Å². The third-order valence-electron chi connectivity index (χ3n) is 4.36. The van der Waals surface area contributed by atoms with Crippen LogP contribution in [0.2, 0.25) is 0 Å². The molecule has 1 aliphatic heterocycles. The molecule has 8 nitrogen and oxygen atoms in total. The second kappa shape index (κ2) is 8.39. The number of sulfonamides is 1. The fraction of sp³-hybridized carbons (Fsp3) is 0.316. The zero-order valence-electron chi connectivity index (χ0n) is 15.5. The van der Waals surface area contributed by atoms with Crippen molar-refractivity contribution in [3.63, 3.8) is 0 Å². The van der Waals surface area contributed by atoms with Gasteiger partial charge in [0.2, 0.25) is 0 Å². The summed E-state index contributed by atoms with van der Waals surface area (Å²) in [5.74, 6) is -0.158. The molecule has 0 bridgehead atoms. The van der Waals surface area contributed by atoms with Crippen molar-refractivity contribution in [1.29, 1.82) is 0 Å². The van der Waals surface area contributed by atoms with E-state index in [2.05, 4.69) is 20.0 Å². The molecule has 2 heterocycles. The molecule has 28 heavy (non-hydrogen) atoms. The molecule has 2 aromatic rings. The first-order chi connectivity index (χ1) is 13.3. The average Bonchev–Trinajstić information content (AvgIpc) is 3.02. The van der Waals surface area contributed by atoms with Crippen molar-refractivity contribution in [3.8, 4) is 0 Å². The number of hydrogen-bond acceptors (Lipinski definition) is 5. The molecule has 148 valence electrons. The minimum atomic E-state index is -3.79. The van der Waals surface area contributed by atoms with Gasteiger partial charge in [0.25, 0.3) is 15.9 Å². The number of nitrogens with one attached hydrogen (secondary N) is 3. The van der Waals surface area contributed by atoms with Crippen LogP contribution in [0.3, 0.4) is 0 Å². The highest BCUT2D eigenvalue weighted by atomic mass is 32.2. The highest BCUT2D eigenvalue weighted by Crippen LogP contribution is 2.17. The number of aromatic amines is 1. The molecule has 3 rings (SSSR count). The molecule has 0 aliphatic carbocycles. The molecular weight excluding hydrogens is 380 g/mol. The predicted octanol–water partition coefficient (Wildman–Crippen LogP) is 2.72. The van der Waals surface area contributed by atoms with Crippen molar-refractivity contribution in [3.05, 3.63) is 47.8 Å². The lowest BCUT2D eigenvalue weighted by Crippen LogP contribution is -2.30. The zero-order valence-corrected chi connectivity index (χ0v) is 16.3. The van der Waals surface area contributed by atoms with Gasteiger partial charge in [0.05, 0.1) is 4.90 Å². The Labute approximate surface area is 163 Å². The van der Waals surface area contributed by atoms with Crippen LogP contribution in [0, 0.1) is 0 Å². The van der Waals surface area contributed by atoms with Crippen LogP contribution in [0.25, 0.3) is 0 Å². The first kappa shape index (κ1) is 19.8. The van der Waals surface area contributed by atoms with Crippen molar-refractivity contribution in [1.82, 2.24) is 9.71 Å². The number of Topliss-reactive ketones (excluding diaryl/α,β-unsaturated/α-hetero) is 1. The number of carbonyl (C=O) groups is 2. The topological polar surface area (TPSA) is 120 Å². The molecule has 1 aromatic carbocycles. The third kappa shape index (κ3) is 4.86. The maximum atomic E-state index is 12.7. The van der Waals surface area contributed by atoms with Crippen LogP contribution in [0.5, 0.6) is 0 Å². The molecule has 0 spiro atoms. The van der Waals surface area contributed by atoms with Gasteiger partial charge in [0.1, 0.15) is 11.5 Å². The van der Waals surface area contributed by atoms with E-state index in [0.717, 1.165) is 19.3 Å². The van der Waals surface area contributed by atoms with Crippen LogP contribution in [-0.2, 0) is 10.0 Å².